The van der Waals surface area contributed by atoms with Gasteiger partial charge in [0.1, 0.15) is 5.75 Å². The third-order valence-corrected chi connectivity index (χ3v) is 4.55. The first kappa shape index (κ1) is 16.7. The van der Waals surface area contributed by atoms with Crippen LogP contribution in [0.4, 0.5) is 0 Å². The molecular formula is C14H22N2O3S. The molecule has 6 heteroatoms. The molecule has 3 N–H and O–H groups in total. The summed E-state index contributed by atoms with van der Waals surface area (Å²) in [6, 6.07) is 9.22. The van der Waals surface area contributed by atoms with Crippen LogP contribution in [0.1, 0.15) is 31.4 Å². The van der Waals surface area contributed by atoms with E-state index in [0.29, 0.717) is 19.4 Å². The molecule has 0 bridgehead atoms. The molecule has 0 radical (unpaired) electrons. The molecule has 5 nitrogen and oxygen atoms in total. The second-order valence-corrected chi connectivity index (χ2v) is 6.97. The summed E-state index contributed by atoms with van der Waals surface area (Å²) in [7, 11) is -3.35. The number of hydrogen-bond donors (Lipinski definition) is 2. The minimum Gasteiger partial charge on any atom is -0.349 e. The van der Waals surface area contributed by atoms with Crippen molar-refractivity contribution < 1.29 is 13.2 Å². The third-order valence-electron chi connectivity index (χ3n) is 2.94. The molecule has 112 valence electrons. The van der Waals surface area contributed by atoms with E-state index in [1.54, 1.807) is 0 Å². The molecule has 0 aliphatic heterocycles. The van der Waals surface area contributed by atoms with E-state index in [-0.39, 0.29) is 11.8 Å². The Hall–Kier alpha value is -1.40. The van der Waals surface area contributed by atoms with Gasteiger partial charge < -0.3 is 11.1 Å². The van der Waals surface area contributed by atoms with E-state index in [9.17, 15) is 13.2 Å². The van der Waals surface area contributed by atoms with Crippen LogP contribution >= 0.6 is 0 Å². The Morgan fingerprint density at radius 2 is 1.90 bits per heavy atom. The molecular weight excluding hydrogens is 276 g/mol. The van der Waals surface area contributed by atoms with Crippen LogP contribution in [0.15, 0.2) is 30.3 Å². The quantitative estimate of drug-likeness (QED) is 0.701. The number of amides is 1. The molecule has 1 amide bonds. The van der Waals surface area contributed by atoms with Gasteiger partial charge in [-0.25, -0.2) is 8.42 Å². The number of nitrogens with two attached hydrogens (primary N) is 1. The van der Waals surface area contributed by atoms with Crippen LogP contribution in [0.25, 0.3) is 0 Å². The van der Waals surface area contributed by atoms with E-state index in [4.69, 9.17) is 5.73 Å². The number of benzene rings is 1. The lowest BCUT2D eigenvalue weighted by Crippen LogP contribution is -2.33. The molecule has 1 atom stereocenters. The fourth-order valence-electron chi connectivity index (χ4n) is 1.85. The Labute approximate surface area is 120 Å². The smallest absolute Gasteiger partial charge is 0.235 e. The summed E-state index contributed by atoms with van der Waals surface area (Å²) in [5.74, 6) is -0.916. The van der Waals surface area contributed by atoms with E-state index in [1.807, 2.05) is 37.3 Å². The fraction of sp³-hybridized carbons (Fsp3) is 0.500. The first-order valence-electron chi connectivity index (χ1n) is 6.69. The molecule has 0 spiro atoms. The van der Waals surface area contributed by atoms with Crippen molar-refractivity contribution in [3.63, 3.8) is 0 Å². The molecule has 0 aromatic heterocycles. The predicted molar refractivity (Wildman–Crippen MR) is 79.9 cm³/mol. The number of sulfone groups is 1. The van der Waals surface area contributed by atoms with Crippen LogP contribution in [0.5, 0.6) is 0 Å². The van der Waals surface area contributed by atoms with Crippen LogP contribution in [0.2, 0.25) is 0 Å². The van der Waals surface area contributed by atoms with Gasteiger partial charge in [0, 0.05) is 0 Å². The summed E-state index contributed by atoms with van der Waals surface area (Å²) in [4.78, 5) is 11.8. The lowest BCUT2D eigenvalue weighted by atomic mass is 10.1. The molecule has 0 saturated carbocycles. The van der Waals surface area contributed by atoms with E-state index < -0.39 is 21.5 Å². The summed E-state index contributed by atoms with van der Waals surface area (Å²) in [5, 5.41) is 2.70. The highest BCUT2D eigenvalue weighted by molar-refractivity contribution is 7.92. The highest BCUT2D eigenvalue weighted by Gasteiger charge is 2.18. The van der Waals surface area contributed by atoms with Crippen molar-refractivity contribution in [3.05, 3.63) is 35.9 Å². The number of rotatable bonds is 8. The maximum atomic E-state index is 11.8. The van der Waals surface area contributed by atoms with Crippen molar-refractivity contribution >= 4 is 15.7 Å². The van der Waals surface area contributed by atoms with Gasteiger partial charge in [-0.05, 0) is 31.9 Å². The lowest BCUT2D eigenvalue weighted by Gasteiger charge is -2.14. The molecule has 20 heavy (non-hydrogen) atoms. The molecule has 0 heterocycles. The van der Waals surface area contributed by atoms with Crippen LogP contribution in [-0.2, 0) is 14.6 Å². The number of unbranched alkanes of at least 4 members (excludes halogenated alkanes) is 1. The fourth-order valence-corrected chi connectivity index (χ4v) is 3.12. The Kier molecular flexibility index (Phi) is 6.67. The van der Waals surface area contributed by atoms with E-state index in [1.165, 1.54) is 0 Å². The van der Waals surface area contributed by atoms with Crippen LogP contribution in [0, 0.1) is 0 Å². The lowest BCUT2D eigenvalue weighted by molar-refractivity contribution is -0.119. The Morgan fingerprint density at radius 3 is 2.50 bits per heavy atom. The van der Waals surface area contributed by atoms with Gasteiger partial charge in [0.2, 0.25) is 5.91 Å². The number of nitrogens with one attached hydrogen (secondary N) is 1. The monoisotopic (exact) mass is 298 g/mol. The summed E-state index contributed by atoms with van der Waals surface area (Å²) in [6.07, 6.45) is 1.15. The van der Waals surface area contributed by atoms with Gasteiger partial charge in [-0.15, -0.1) is 0 Å². The molecule has 0 fully saturated rings. The van der Waals surface area contributed by atoms with E-state index >= 15 is 0 Å². The molecule has 1 aromatic carbocycles. The van der Waals surface area contributed by atoms with Crippen molar-refractivity contribution in [3.8, 4) is 0 Å². The van der Waals surface area contributed by atoms with Crippen molar-refractivity contribution in [2.75, 3.05) is 18.1 Å². The highest BCUT2D eigenvalue weighted by atomic mass is 32.2. The molecule has 0 saturated heterocycles. The molecule has 1 rings (SSSR count). The average molecular weight is 298 g/mol. The number of hydrogen-bond acceptors (Lipinski definition) is 4. The minimum atomic E-state index is -3.35. The minimum absolute atomic E-state index is 0.0112. The first-order chi connectivity index (χ1) is 9.44. The molecule has 1 unspecified atom stereocenters. The van der Waals surface area contributed by atoms with Gasteiger partial charge in [0.15, 0.2) is 9.84 Å². The zero-order valence-corrected chi connectivity index (χ0v) is 12.5. The average Bonchev–Trinajstić information content (AvgIpc) is 2.39. The number of carbonyl (C=O) groups is 1. The Balaban J connectivity index is 2.47. The highest BCUT2D eigenvalue weighted by Crippen LogP contribution is 2.11. The standard InChI is InChI=1S/C14H22N2O3S/c1-12(13-7-3-2-4-8-13)16-14(17)11-20(18,19)10-6-5-9-15/h2-4,7-8,12H,5-6,9-11,15H2,1H3,(H,16,17). The van der Waals surface area contributed by atoms with Gasteiger partial charge in [-0.1, -0.05) is 30.3 Å². The maximum absolute atomic E-state index is 11.8. The van der Waals surface area contributed by atoms with Crippen LogP contribution in [-0.4, -0.2) is 32.4 Å². The topological polar surface area (TPSA) is 89.3 Å². The van der Waals surface area contributed by atoms with Crippen LogP contribution in [0.3, 0.4) is 0 Å². The van der Waals surface area contributed by atoms with Gasteiger partial charge in [-0.2, -0.15) is 0 Å². The second kappa shape index (κ2) is 8.01. The van der Waals surface area contributed by atoms with E-state index in [2.05, 4.69) is 5.32 Å². The van der Waals surface area contributed by atoms with Crippen molar-refractivity contribution in [2.45, 2.75) is 25.8 Å². The molecule has 0 aliphatic rings. The maximum Gasteiger partial charge on any atom is 0.235 e. The van der Waals surface area contributed by atoms with Gasteiger partial charge in [-0.3, -0.25) is 4.79 Å². The Morgan fingerprint density at radius 1 is 1.25 bits per heavy atom. The molecule has 0 aliphatic carbocycles. The largest absolute Gasteiger partial charge is 0.349 e. The van der Waals surface area contributed by atoms with Crippen molar-refractivity contribution in [1.82, 2.24) is 5.32 Å². The third kappa shape index (κ3) is 6.16. The van der Waals surface area contributed by atoms with Gasteiger partial charge >= 0.3 is 0 Å². The normalized spacial score (nSPS) is 12.9. The first-order valence-corrected chi connectivity index (χ1v) is 8.51. The summed E-state index contributed by atoms with van der Waals surface area (Å²) in [5.41, 5.74) is 6.26. The zero-order valence-electron chi connectivity index (χ0n) is 11.7. The van der Waals surface area contributed by atoms with Gasteiger partial charge in [0.05, 0.1) is 11.8 Å². The Bertz CT molecular complexity index is 514. The van der Waals surface area contributed by atoms with Crippen molar-refractivity contribution in [1.29, 1.82) is 0 Å². The summed E-state index contributed by atoms with van der Waals surface area (Å²) in [6.45, 7) is 2.29. The number of carbonyl (C=O) groups excluding carboxylic acids is 1. The zero-order chi connectivity index (χ0) is 15.0. The predicted octanol–water partition coefficient (Wildman–Crippen LogP) is 1.02. The summed E-state index contributed by atoms with van der Waals surface area (Å²) < 4.78 is 23.5. The van der Waals surface area contributed by atoms with Gasteiger partial charge in [0.25, 0.3) is 0 Å². The van der Waals surface area contributed by atoms with Crippen LogP contribution < -0.4 is 11.1 Å². The van der Waals surface area contributed by atoms with Crippen molar-refractivity contribution in [2.24, 2.45) is 5.73 Å². The molecule has 1 aromatic rings. The van der Waals surface area contributed by atoms with E-state index in [0.717, 1.165) is 5.56 Å². The summed E-state index contributed by atoms with van der Waals surface area (Å²) >= 11 is 0. The SMILES string of the molecule is CC(NC(=O)CS(=O)(=O)CCCCN)c1ccccc1. The second-order valence-electron chi connectivity index (χ2n) is 4.79.